The minimum absolute atomic E-state index is 0.352. The molecule has 114 valence electrons. The van der Waals surface area contributed by atoms with Gasteiger partial charge >= 0.3 is 0 Å². The van der Waals surface area contributed by atoms with Crippen LogP contribution in [0.5, 0.6) is 0 Å². The molecule has 0 aromatic rings. The fourth-order valence-corrected chi connectivity index (χ4v) is 5.50. The van der Waals surface area contributed by atoms with Crippen molar-refractivity contribution in [2.45, 2.75) is 70.6 Å². The molecule has 0 radical (unpaired) electrons. The van der Waals surface area contributed by atoms with E-state index >= 15 is 0 Å². The molecule has 2 nitrogen and oxygen atoms in total. The quantitative estimate of drug-likeness (QED) is 0.606. The van der Waals surface area contributed by atoms with E-state index in [-0.39, 0.29) is 5.41 Å². The molecule has 4 heteroatoms. The highest BCUT2D eigenvalue weighted by Crippen LogP contribution is 2.49. The minimum Gasteiger partial charge on any atom is -0.392 e. The summed E-state index contributed by atoms with van der Waals surface area (Å²) in [6, 6.07) is 0. The van der Waals surface area contributed by atoms with Gasteiger partial charge in [0.2, 0.25) is 0 Å². The lowest BCUT2D eigenvalue weighted by Crippen LogP contribution is -2.56. The second kappa shape index (κ2) is 7.17. The first-order valence-electron chi connectivity index (χ1n) is 8.20. The number of hydrogen-bond acceptors (Lipinski definition) is 2. The van der Waals surface area contributed by atoms with Gasteiger partial charge in [-0.25, -0.2) is 0 Å². The van der Waals surface area contributed by atoms with Crippen LogP contribution in [0.25, 0.3) is 0 Å². The molecule has 2 aliphatic carbocycles. The Morgan fingerprint density at radius 2 is 0.950 bits per heavy atom. The van der Waals surface area contributed by atoms with E-state index in [9.17, 15) is 0 Å². The fraction of sp³-hybridized carbons (Fsp3) is 0.875. The number of rotatable bonds is 4. The zero-order valence-corrected chi connectivity index (χ0v) is 14.0. The SMILES string of the molecule is NC(=S)C(C(N)=S)(C1CCCCCC1)C1CCCCC1. The summed E-state index contributed by atoms with van der Waals surface area (Å²) in [4.78, 5) is 1.15. The van der Waals surface area contributed by atoms with E-state index in [0.717, 1.165) is 0 Å². The largest absolute Gasteiger partial charge is 0.392 e. The molecule has 0 aromatic carbocycles. The van der Waals surface area contributed by atoms with Crippen molar-refractivity contribution in [1.82, 2.24) is 0 Å². The third-order valence-corrected chi connectivity index (χ3v) is 6.24. The summed E-state index contributed by atoms with van der Waals surface area (Å²) in [5.41, 5.74) is 12.1. The lowest BCUT2D eigenvalue weighted by molar-refractivity contribution is 0.171. The van der Waals surface area contributed by atoms with Crippen LogP contribution in [0.15, 0.2) is 0 Å². The summed E-state index contributed by atoms with van der Waals surface area (Å²) >= 11 is 11.0. The molecule has 2 saturated carbocycles. The van der Waals surface area contributed by atoms with E-state index in [1.807, 2.05) is 0 Å². The molecule has 0 bridgehead atoms. The van der Waals surface area contributed by atoms with E-state index in [1.54, 1.807) is 0 Å². The van der Waals surface area contributed by atoms with Gasteiger partial charge in [-0.15, -0.1) is 0 Å². The molecule has 0 aliphatic heterocycles. The molecule has 0 atom stereocenters. The predicted octanol–water partition coefficient (Wildman–Crippen LogP) is 4.10. The average Bonchev–Trinajstić information content (AvgIpc) is 2.69. The van der Waals surface area contributed by atoms with Crippen LogP contribution >= 0.6 is 24.4 Å². The Kier molecular flexibility index (Phi) is 5.79. The number of thiocarbonyl (C=S) groups is 2. The highest BCUT2D eigenvalue weighted by atomic mass is 32.1. The Hall–Kier alpha value is -0.220. The monoisotopic (exact) mass is 312 g/mol. The molecule has 4 N–H and O–H groups in total. The average molecular weight is 313 g/mol. The first kappa shape index (κ1) is 16.2. The summed E-state index contributed by atoms with van der Waals surface area (Å²) in [6.45, 7) is 0. The van der Waals surface area contributed by atoms with Crippen LogP contribution < -0.4 is 11.5 Å². The van der Waals surface area contributed by atoms with Crippen molar-refractivity contribution in [3.8, 4) is 0 Å². The lowest BCUT2D eigenvalue weighted by atomic mass is 9.60. The molecule has 0 spiro atoms. The van der Waals surface area contributed by atoms with Gasteiger partial charge in [0.15, 0.2) is 0 Å². The summed E-state index contributed by atoms with van der Waals surface area (Å²) in [7, 11) is 0. The van der Waals surface area contributed by atoms with Gasteiger partial charge in [0.1, 0.15) is 0 Å². The molecule has 0 heterocycles. The molecule has 0 unspecified atom stereocenters. The molecule has 0 amide bonds. The maximum absolute atomic E-state index is 6.25. The topological polar surface area (TPSA) is 52.0 Å². The molecule has 2 rings (SSSR count). The van der Waals surface area contributed by atoms with Crippen LogP contribution in [0.2, 0.25) is 0 Å². The van der Waals surface area contributed by atoms with Crippen LogP contribution in [0.4, 0.5) is 0 Å². The van der Waals surface area contributed by atoms with Crippen molar-refractivity contribution >= 4 is 34.4 Å². The van der Waals surface area contributed by atoms with Crippen molar-refractivity contribution in [2.24, 2.45) is 28.7 Å². The van der Waals surface area contributed by atoms with Gasteiger partial charge in [-0.05, 0) is 37.5 Å². The van der Waals surface area contributed by atoms with Crippen LogP contribution in [-0.4, -0.2) is 9.98 Å². The fourth-order valence-electron chi connectivity index (χ4n) is 4.55. The van der Waals surface area contributed by atoms with Gasteiger partial charge in [0.25, 0.3) is 0 Å². The van der Waals surface area contributed by atoms with Crippen molar-refractivity contribution in [3.63, 3.8) is 0 Å². The van der Waals surface area contributed by atoms with Crippen LogP contribution in [-0.2, 0) is 0 Å². The summed E-state index contributed by atoms with van der Waals surface area (Å²) in [6.07, 6.45) is 13.8. The molecule has 2 aliphatic rings. The van der Waals surface area contributed by atoms with Gasteiger partial charge in [0, 0.05) is 0 Å². The van der Waals surface area contributed by atoms with E-state index < -0.39 is 0 Å². The second-order valence-corrected chi connectivity index (χ2v) is 7.50. The van der Waals surface area contributed by atoms with Gasteiger partial charge in [-0.3, -0.25) is 0 Å². The molecule has 20 heavy (non-hydrogen) atoms. The van der Waals surface area contributed by atoms with Gasteiger partial charge < -0.3 is 11.5 Å². The smallest absolute Gasteiger partial charge is 0.0864 e. The molecular weight excluding hydrogens is 284 g/mol. The number of hydrogen-bond donors (Lipinski definition) is 2. The van der Waals surface area contributed by atoms with Gasteiger partial charge in [-0.1, -0.05) is 69.4 Å². The standard InChI is InChI=1S/C16H28N2S2/c17-14(19)16(15(18)20,13-10-6-3-7-11-13)12-8-4-1-2-5-9-12/h12-13H,1-11H2,(H2,17,19)(H2,18,20). The Bertz CT molecular complexity index is 339. The van der Waals surface area contributed by atoms with Crippen LogP contribution in [0.1, 0.15) is 70.6 Å². The van der Waals surface area contributed by atoms with Crippen molar-refractivity contribution in [3.05, 3.63) is 0 Å². The minimum atomic E-state index is -0.352. The first-order valence-corrected chi connectivity index (χ1v) is 9.01. The Labute approximate surface area is 134 Å². The summed E-state index contributed by atoms with van der Waals surface area (Å²) < 4.78 is 0. The van der Waals surface area contributed by atoms with Crippen LogP contribution in [0.3, 0.4) is 0 Å². The van der Waals surface area contributed by atoms with Crippen molar-refractivity contribution in [1.29, 1.82) is 0 Å². The van der Waals surface area contributed by atoms with E-state index in [0.29, 0.717) is 21.8 Å². The summed E-state index contributed by atoms with van der Waals surface area (Å²) in [5, 5.41) is 0. The van der Waals surface area contributed by atoms with E-state index in [1.165, 1.54) is 70.6 Å². The normalized spacial score (nSPS) is 23.2. The third kappa shape index (κ3) is 3.01. The maximum atomic E-state index is 6.25. The summed E-state index contributed by atoms with van der Waals surface area (Å²) in [5.74, 6) is 0.956. The highest BCUT2D eigenvalue weighted by molar-refractivity contribution is 7.82. The van der Waals surface area contributed by atoms with E-state index in [4.69, 9.17) is 35.9 Å². The second-order valence-electron chi connectivity index (χ2n) is 6.62. The Morgan fingerprint density at radius 1 is 0.650 bits per heavy atom. The molecule has 2 fully saturated rings. The third-order valence-electron chi connectivity index (χ3n) is 5.56. The molecule has 0 aromatic heterocycles. The van der Waals surface area contributed by atoms with E-state index in [2.05, 4.69) is 0 Å². The van der Waals surface area contributed by atoms with Crippen molar-refractivity contribution in [2.75, 3.05) is 0 Å². The zero-order valence-electron chi connectivity index (χ0n) is 12.4. The molecule has 0 saturated heterocycles. The first-order chi connectivity index (χ1) is 9.60. The van der Waals surface area contributed by atoms with Gasteiger partial charge in [0.05, 0.1) is 15.4 Å². The maximum Gasteiger partial charge on any atom is 0.0864 e. The zero-order chi connectivity index (χ0) is 14.6. The van der Waals surface area contributed by atoms with Gasteiger partial charge in [-0.2, -0.15) is 0 Å². The highest BCUT2D eigenvalue weighted by Gasteiger charge is 2.50. The number of nitrogens with two attached hydrogens (primary N) is 2. The Morgan fingerprint density at radius 3 is 1.25 bits per heavy atom. The van der Waals surface area contributed by atoms with Crippen LogP contribution in [0, 0.1) is 17.3 Å². The lowest BCUT2D eigenvalue weighted by Gasteiger charge is -2.46. The Balaban J connectivity index is 2.34. The van der Waals surface area contributed by atoms with Crippen molar-refractivity contribution < 1.29 is 0 Å². The predicted molar refractivity (Wildman–Crippen MR) is 93.8 cm³/mol. The molecular formula is C16H28N2S2.